The molecule has 4 heteroatoms. The van der Waals surface area contributed by atoms with E-state index in [0.717, 1.165) is 0 Å². The van der Waals surface area contributed by atoms with E-state index in [1.807, 2.05) is 0 Å². The number of carbonyl (C=O) groups excluding carboxylic acids is 2. The Hall–Kier alpha value is -1.06. The van der Waals surface area contributed by atoms with Crippen molar-refractivity contribution in [1.29, 1.82) is 0 Å². The maximum Gasteiger partial charge on any atom is 0.324 e. The molecule has 0 saturated carbocycles. The number of hydrogen-bond donors (Lipinski definition) is 1. The normalized spacial score (nSPS) is 17.9. The van der Waals surface area contributed by atoms with Gasteiger partial charge in [0.15, 0.2) is 0 Å². The van der Waals surface area contributed by atoms with Crippen molar-refractivity contribution in [1.82, 2.24) is 10.2 Å². The fourth-order valence-electron chi connectivity index (χ4n) is 0.772. The van der Waals surface area contributed by atoms with Crippen molar-refractivity contribution in [3.05, 3.63) is 0 Å². The molecule has 1 rings (SSSR count). The maximum atomic E-state index is 10.6. The summed E-state index contributed by atoms with van der Waals surface area (Å²) >= 11 is 0. The predicted molar refractivity (Wildman–Crippen MR) is 30.8 cm³/mol. The molecule has 0 spiro atoms. The summed E-state index contributed by atoms with van der Waals surface area (Å²) in [7, 11) is 0. The molecule has 1 aliphatic heterocycles. The van der Waals surface area contributed by atoms with Gasteiger partial charge in [-0.05, 0) is 0 Å². The first-order chi connectivity index (χ1) is 4.22. The van der Waals surface area contributed by atoms with E-state index < -0.39 is 0 Å². The Morgan fingerprint density at radius 2 is 2.44 bits per heavy atom. The van der Waals surface area contributed by atoms with Crippen molar-refractivity contribution in [2.45, 2.75) is 6.92 Å². The average molecular weight is 128 g/mol. The fourth-order valence-corrected chi connectivity index (χ4v) is 0.772. The lowest BCUT2D eigenvalue weighted by Crippen LogP contribution is -2.31. The first-order valence-electron chi connectivity index (χ1n) is 2.78. The summed E-state index contributed by atoms with van der Waals surface area (Å²) < 4.78 is 0. The van der Waals surface area contributed by atoms with Crippen LogP contribution in [-0.4, -0.2) is 29.9 Å². The maximum absolute atomic E-state index is 10.6. The summed E-state index contributed by atoms with van der Waals surface area (Å²) in [5, 5.41) is 2.52. The van der Waals surface area contributed by atoms with Crippen LogP contribution in [0.5, 0.6) is 0 Å². The van der Waals surface area contributed by atoms with E-state index >= 15 is 0 Å². The van der Waals surface area contributed by atoms with E-state index in [-0.39, 0.29) is 11.9 Å². The Morgan fingerprint density at radius 3 is 2.67 bits per heavy atom. The van der Waals surface area contributed by atoms with Crippen molar-refractivity contribution in [3.8, 4) is 0 Å². The Kier molecular flexibility index (Phi) is 1.38. The summed E-state index contributed by atoms with van der Waals surface area (Å²) in [4.78, 5) is 22.3. The average Bonchev–Trinajstić information content (AvgIpc) is 2.13. The lowest BCUT2D eigenvalue weighted by molar-refractivity contribution is -0.125. The van der Waals surface area contributed by atoms with Gasteiger partial charge in [0.2, 0.25) is 5.91 Å². The Bertz CT molecular complexity index is 155. The third-order valence-electron chi connectivity index (χ3n) is 1.24. The van der Waals surface area contributed by atoms with Gasteiger partial charge >= 0.3 is 6.03 Å². The third-order valence-corrected chi connectivity index (χ3v) is 1.24. The lowest BCUT2D eigenvalue weighted by Gasteiger charge is -2.06. The Morgan fingerprint density at radius 1 is 1.78 bits per heavy atom. The molecule has 1 saturated heterocycles. The zero-order valence-corrected chi connectivity index (χ0v) is 5.18. The quantitative estimate of drug-likeness (QED) is 0.480. The van der Waals surface area contributed by atoms with E-state index in [1.54, 1.807) is 0 Å². The molecule has 0 atom stereocenters. The van der Waals surface area contributed by atoms with Crippen LogP contribution in [0.25, 0.3) is 0 Å². The van der Waals surface area contributed by atoms with Crippen LogP contribution in [0.3, 0.4) is 0 Å². The highest BCUT2D eigenvalue weighted by Gasteiger charge is 2.22. The fraction of sp³-hybridized carbons (Fsp3) is 0.600. The number of rotatable bonds is 0. The van der Waals surface area contributed by atoms with E-state index in [0.29, 0.717) is 13.1 Å². The van der Waals surface area contributed by atoms with Gasteiger partial charge in [0.1, 0.15) is 0 Å². The number of amides is 3. The van der Waals surface area contributed by atoms with E-state index in [1.165, 1.54) is 11.8 Å². The van der Waals surface area contributed by atoms with Crippen LogP contribution in [-0.2, 0) is 4.79 Å². The van der Waals surface area contributed by atoms with Crippen molar-refractivity contribution in [2.24, 2.45) is 0 Å². The first kappa shape index (κ1) is 6.07. The number of imide groups is 1. The van der Waals surface area contributed by atoms with Gasteiger partial charge in [-0.3, -0.25) is 9.69 Å². The number of hydrogen-bond acceptors (Lipinski definition) is 2. The topological polar surface area (TPSA) is 49.4 Å². The molecule has 50 valence electrons. The summed E-state index contributed by atoms with van der Waals surface area (Å²) in [6.07, 6.45) is 0. The molecule has 0 bridgehead atoms. The Balaban J connectivity index is 2.60. The largest absolute Gasteiger partial charge is 0.336 e. The van der Waals surface area contributed by atoms with Crippen molar-refractivity contribution >= 4 is 11.9 Å². The van der Waals surface area contributed by atoms with Crippen molar-refractivity contribution in [3.63, 3.8) is 0 Å². The Labute approximate surface area is 52.8 Å². The molecule has 0 aromatic rings. The zero-order valence-electron chi connectivity index (χ0n) is 5.18. The molecule has 0 aromatic heterocycles. The van der Waals surface area contributed by atoms with Gasteiger partial charge in [-0.25, -0.2) is 4.79 Å². The molecule has 0 unspecified atom stereocenters. The molecular weight excluding hydrogens is 120 g/mol. The van der Waals surface area contributed by atoms with Crippen LogP contribution in [0.1, 0.15) is 6.92 Å². The highest BCUT2D eigenvalue weighted by Crippen LogP contribution is 1.95. The monoisotopic (exact) mass is 128 g/mol. The van der Waals surface area contributed by atoms with Gasteiger partial charge in [-0.2, -0.15) is 0 Å². The highest BCUT2D eigenvalue weighted by molar-refractivity contribution is 5.94. The molecule has 0 aliphatic carbocycles. The lowest BCUT2D eigenvalue weighted by atomic mass is 10.5. The van der Waals surface area contributed by atoms with Gasteiger partial charge in [-0.1, -0.05) is 0 Å². The van der Waals surface area contributed by atoms with Gasteiger partial charge in [0, 0.05) is 20.0 Å². The van der Waals surface area contributed by atoms with Crippen LogP contribution in [0, 0.1) is 0 Å². The van der Waals surface area contributed by atoms with Crippen LogP contribution >= 0.6 is 0 Å². The van der Waals surface area contributed by atoms with Gasteiger partial charge in [0.25, 0.3) is 0 Å². The van der Waals surface area contributed by atoms with E-state index in [2.05, 4.69) is 5.32 Å². The van der Waals surface area contributed by atoms with Gasteiger partial charge in [0.05, 0.1) is 0 Å². The molecule has 4 nitrogen and oxygen atoms in total. The van der Waals surface area contributed by atoms with Gasteiger partial charge < -0.3 is 5.32 Å². The molecule has 1 aliphatic rings. The summed E-state index contributed by atoms with van der Waals surface area (Å²) in [6, 6.07) is -0.275. The molecule has 1 N–H and O–H groups in total. The second-order valence-corrected chi connectivity index (χ2v) is 1.90. The SMILES string of the molecule is CC(=O)N1CCNC1=O. The standard InChI is InChI=1S/C5H8N2O2/c1-4(8)7-3-2-6-5(7)9/h2-3H2,1H3,(H,6,9). The molecule has 9 heavy (non-hydrogen) atoms. The molecular formula is C5H8N2O2. The number of nitrogens with one attached hydrogen (secondary N) is 1. The summed E-state index contributed by atoms with van der Waals surface area (Å²) in [6.45, 7) is 2.47. The minimum atomic E-state index is -0.275. The van der Waals surface area contributed by atoms with Crippen LogP contribution in [0.2, 0.25) is 0 Å². The molecule has 1 heterocycles. The molecule has 1 fully saturated rings. The van der Waals surface area contributed by atoms with Crippen LogP contribution < -0.4 is 5.32 Å². The molecule has 3 amide bonds. The van der Waals surface area contributed by atoms with Crippen LogP contribution in [0.15, 0.2) is 0 Å². The van der Waals surface area contributed by atoms with Crippen molar-refractivity contribution in [2.75, 3.05) is 13.1 Å². The molecule has 0 aromatic carbocycles. The summed E-state index contributed by atoms with van der Waals surface area (Å²) in [5.41, 5.74) is 0. The molecule has 0 radical (unpaired) electrons. The van der Waals surface area contributed by atoms with E-state index in [9.17, 15) is 9.59 Å². The predicted octanol–water partition coefficient (Wildman–Crippen LogP) is -0.442. The second kappa shape index (κ2) is 2.05. The summed E-state index contributed by atoms with van der Waals surface area (Å²) in [5.74, 6) is -0.190. The van der Waals surface area contributed by atoms with Crippen molar-refractivity contribution < 1.29 is 9.59 Å². The number of carbonyl (C=O) groups is 2. The smallest absolute Gasteiger partial charge is 0.324 e. The first-order valence-corrected chi connectivity index (χ1v) is 2.78. The van der Waals surface area contributed by atoms with Crippen LogP contribution in [0.4, 0.5) is 4.79 Å². The van der Waals surface area contributed by atoms with Gasteiger partial charge in [-0.15, -0.1) is 0 Å². The number of nitrogens with zero attached hydrogens (tertiary/aromatic N) is 1. The zero-order chi connectivity index (χ0) is 6.85. The highest BCUT2D eigenvalue weighted by atomic mass is 16.2. The minimum Gasteiger partial charge on any atom is -0.336 e. The van der Waals surface area contributed by atoms with E-state index in [4.69, 9.17) is 0 Å². The minimum absolute atomic E-state index is 0.190. The second-order valence-electron chi connectivity index (χ2n) is 1.90. The third kappa shape index (κ3) is 1.01. The number of urea groups is 1.